The molecule has 2 aliphatic rings. The monoisotopic (exact) mass is 559 g/mol. The molecule has 198 valence electrons. The van der Waals surface area contributed by atoms with Crippen LogP contribution in [0.25, 0.3) is 11.3 Å². The van der Waals surface area contributed by atoms with Crippen LogP contribution in [0.1, 0.15) is 5.56 Å². The molecule has 2 aliphatic heterocycles. The molecule has 0 atom stereocenters. The topological polar surface area (TPSA) is 87.0 Å². The molecule has 1 fully saturated rings. The zero-order chi connectivity index (χ0) is 26.8. The van der Waals surface area contributed by atoms with Crippen molar-refractivity contribution >= 4 is 34.9 Å². The summed E-state index contributed by atoms with van der Waals surface area (Å²) in [6.07, 6.45) is 0. The molecule has 0 bridgehead atoms. The summed E-state index contributed by atoms with van der Waals surface area (Å²) in [5.74, 6) is 1.35. The molecule has 3 heterocycles. The maximum Gasteiger partial charge on any atom is 0.270 e. The second-order valence-electron chi connectivity index (χ2n) is 9.01. The number of fused-ring (bicyclic) bond motifs is 2. The Balaban J connectivity index is 1.35. The summed E-state index contributed by atoms with van der Waals surface area (Å²) in [7, 11) is 1.65. The van der Waals surface area contributed by atoms with Crippen LogP contribution in [-0.4, -0.2) is 43.3 Å². The number of methoxy groups -OCH3 is 1. The first-order valence-corrected chi connectivity index (χ1v) is 14.1. The Morgan fingerprint density at radius 2 is 1.79 bits per heavy atom. The molecule has 10 heteroatoms. The largest absolute Gasteiger partial charge is 0.497 e. The number of hydrogen-bond acceptors (Lipinski definition) is 9. The van der Waals surface area contributed by atoms with Crippen molar-refractivity contribution in [3.63, 3.8) is 0 Å². The summed E-state index contributed by atoms with van der Waals surface area (Å²) < 4.78 is 17.0. The molecule has 0 unspecified atom stereocenters. The lowest BCUT2D eigenvalue weighted by atomic mass is 10.1. The van der Waals surface area contributed by atoms with Gasteiger partial charge >= 0.3 is 0 Å². The Hall–Kier alpha value is -3.73. The lowest BCUT2D eigenvalue weighted by Gasteiger charge is -2.29. The van der Waals surface area contributed by atoms with Crippen LogP contribution in [0, 0.1) is 10.1 Å². The number of ether oxygens (including phenoxy) is 3. The molecule has 0 radical (unpaired) electrons. The van der Waals surface area contributed by atoms with E-state index in [1.807, 2.05) is 48.5 Å². The fraction of sp³-hybridized carbons (Fsp3) is 0.207. The van der Waals surface area contributed by atoms with E-state index < -0.39 is 0 Å². The van der Waals surface area contributed by atoms with Gasteiger partial charge in [-0.3, -0.25) is 10.1 Å². The maximum absolute atomic E-state index is 11.3. The molecule has 8 nitrogen and oxygen atoms in total. The summed E-state index contributed by atoms with van der Waals surface area (Å²) in [4.78, 5) is 22.2. The van der Waals surface area contributed by atoms with Crippen molar-refractivity contribution in [3.05, 3.63) is 88.5 Å². The third kappa shape index (κ3) is 5.54. The van der Waals surface area contributed by atoms with Gasteiger partial charge in [-0.1, -0.05) is 47.8 Å². The van der Waals surface area contributed by atoms with Gasteiger partial charge in [0.1, 0.15) is 12.4 Å². The van der Waals surface area contributed by atoms with E-state index in [0.717, 1.165) is 60.9 Å². The van der Waals surface area contributed by atoms with Crippen molar-refractivity contribution in [1.82, 2.24) is 4.98 Å². The Morgan fingerprint density at radius 3 is 2.56 bits per heavy atom. The lowest BCUT2D eigenvalue weighted by molar-refractivity contribution is -0.385. The van der Waals surface area contributed by atoms with Crippen molar-refractivity contribution in [2.45, 2.75) is 26.2 Å². The highest BCUT2D eigenvalue weighted by molar-refractivity contribution is 8.05. The lowest BCUT2D eigenvalue weighted by Crippen LogP contribution is -2.36. The molecule has 1 saturated heterocycles. The Bertz CT molecular complexity index is 1520. The molecule has 3 aromatic carbocycles. The van der Waals surface area contributed by atoms with Crippen LogP contribution in [0.2, 0.25) is 0 Å². The summed E-state index contributed by atoms with van der Waals surface area (Å²) in [6.45, 7) is 3.33. The predicted molar refractivity (Wildman–Crippen MR) is 151 cm³/mol. The Labute approximate surface area is 234 Å². The number of nitro benzene ring substituents is 1. The fourth-order valence-corrected chi connectivity index (χ4v) is 6.89. The van der Waals surface area contributed by atoms with E-state index in [1.165, 1.54) is 0 Å². The first-order chi connectivity index (χ1) is 19.1. The van der Waals surface area contributed by atoms with Crippen LogP contribution in [0.4, 0.5) is 11.4 Å². The SMILES string of the molecule is COc1ccc(COc2cc(N3CCOCC3)cc(-c3cccc4c3Sc3ccc([N+](=O)[O-])cc3S4)n2)cc1. The molecule has 0 aliphatic carbocycles. The van der Waals surface area contributed by atoms with Crippen LogP contribution in [0.5, 0.6) is 11.6 Å². The first-order valence-electron chi connectivity index (χ1n) is 12.5. The van der Waals surface area contributed by atoms with E-state index in [-0.39, 0.29) is 10.6 Å². The van der Waals surface area contributed by atoms with Gasteiger partial charge in [0.05, 0.1) is 30.9 Å². The van der Waals surface area contributed by atoms with Crippen molar-refractivity contribution in [1.29, 1.82) is 0 Å². The van der Waals surface area contributed by atoms with Gasteiger partial charge in [-0.15, -0.1) is 0 Å². The summed E-state index contributed by atoms with van der Waals surface area (Å²) in [5, 5.41) is 11.3. The number of nitro groups is 1. The van der Waals surface area contributed by atoms with Crippen LogP contribution >= 0.6 is 23.5 Å². The summed E-state index contributed by atoms with van der Waals surface area (Å²) >= 11 is 3.16. The third-order valence-corrected chi connectivity index (χ3v) is 9.13. The zero-order valence-corrected chi connectivity index (χ0v) is 22.8. The van der Waals surface area contributed by atoms with E-state index in [4.69, 9.17) is 19.2 Å². The van der Waals surface area contributed by atoms with Crippen LogP contribution in [0.3, 0.4) is 0 Å². The molecular weight excluding hydrogens is 534 g/mol. The zero-order valence-electron chi connectivity index (χ0n) is 21.2. The average Bonchev–Trinajstić information content (AvgIpc) is 2.99. The minimum Gasteiger partial charge on any atom is -0.497 e. The quantitative estimate of drug-likeness (QED) is 0.160. The van der Waals surface area contributed by atoms with Crippen molar-refractivity contribution in [2.75, 3.05) is 38.3 Å². The molecule has 6 rings (SSSR count). The van der Waals surface area contributed by atoms with Crippen LogP contribution in [0.15, 0.2) is 92.4 Å². The van der Waals surface area contributed by atoms with E-state index in [0.29, 0.717) is 25.7 Å². The van der Waals surface area contributed by atoms with Gasteiger partial charge in [0, 0.05) is 62.1 Å². The van der Waals surface area contributed by atoms with Gasteiger partial charge in [-0.2, -0.15) is 0 Å². The van der Waals surface area contributed by atoms with Gasteiger partial charge in [0.25, 0.3) is 5.69 Å². The molecule has 0 saturated carbocycles. The van der Waals surface area contributed by atoms with Crippen LogP contribution < -0.4 is 14.4 Å². The number of pyridine rings is 1. The van der Waals surface area contributed by atoms with Gasteiger partial charge < -0.3 is 19.1 Å². The van der Waals surface area contributed by atoms with Crippen molar-refractivity contribution < 1.29 is 19.1 Å². The van der Waals surface area contributed by atoms with Gasteiger partial charge in [0.2, 0.25) is 5.88 Å². The number of rotatable bonds is 7. The molecule has 39 heavy (non-hydrogen) atoms. The molecule has 1 aromatic heterocycles. The van der Waals surface area contributed by atoms with E-state index in [2.05, 4.69) is 17.0 Å². The first kappa shape index (κ1) is 25.5. The highest BCUT2D eigenvalue weighted by atomic mass is 32.2. The van der Waals surface area contributed by atoms with E-state index >= 15 is 0 Å². The number of nitrogens with zero attached hydrogens (tertiary/aromatic N) is 3. The van der Waals surface area contributed by atoms with Crippen LogP contribution in [-0.2, 0) is 11.3 Å². The highest BCUT2D eigenvalue weighted by Gasteiger charge is 2.24. The normalized spacial score (nSPS) is 14.3. The Morgan fingerprint density at radius 1 is 0.974 bits per heavy atom. The number of hydrogen-bond donors (Lipinski definition) is 0. The van der Waals surface area contributed by atoms with E-state index in [1.54, 1.807) is 42.8 Å². The number of morpholine rings is 1. The maximum atomic E-state index is 11.3. The fourth-order valence-electron chi connectivity index (χ4n) is 4.49. The molecule has 4 aromatic rings. The predicted octanol–water partition coefficient (Wildman–Crippen LogP) is 6.70. The smallest absolute Gasteiger partial charge is 0.270 e. The summed E-state index contributed by atoms with van der Waals surface area (Å²) in [5.41, 5.74) is 3.97. The minimum absolute atomic E-state index is 0.0972. The molecule has 0 spiro atoms. The second kappa shape index (κ2) is 11.2. The Kier molecular flexibility index (Phi) is 7.32. The van der Waals surface area contributed by atoms with E-state index in [9.17, 15) is 10.1 Å². The number of benzene rings is 3. The standard InChI is InChI=1S/C29H25N3O5S2/c1-35-22-8-5-19(6-9-22)18-37-28-17-21(31-11-13-36-14-12-31)15-24(30-28)23-3-2-4-26-29(23)39-25-10-7-20(32(33)34)16-27(25)38-26/h2-10,15-17H,11-14,18H2,1H3. The molecule has 0 N–H and O–H groups in total. The second-order valence-corrected chi connectivity index (χ2v) is 11.1. The summed E-state index contributed by atoms with van der Waals surface area (Å²) in [6, 6.07) is 23.0. The van der Waals surface area contributed by atoms with Gasteiger partial charge in [-0.05, 0) is 35.9 Å². The molecule has 0 amide bonds. The third-order valence-electron chi connectivity index (χ3n) is 6.53. The number of aromatic nitrogens is 1. The number of anilines is 1. The van der Waals surface area contributed by atoms with Gasteiger partial charge in [-0.25, -0.2) is 4.98 Å². The minimum atomic E-state index is -0.355. The van der Waals surface area contributed by atoms with Crippen molar-refractivity contribution in [2.24, 2.45) is 0 Å². The van der Waals surface area contributed by atoms with Gasteiger partial charge in [0.15, 0.2) is 0 Å². The average molecular weight is 560 g/mol. The highest BCUT2D eigenvalue weighted by Crippen LogP contribution is 2.52. The van der Waals surface area contributed by atoms with Crippen molar-refractivity contribution in [3.8, 4) is 22.9 Å². The number of non-ortho nitro benzene ring substituents is 1. The molecular formula is C29H25N3O5S2.